The molecule has 0 fully saturated rings. The molecule has 0 aliphatic heterocycles. The Balaban J connectivity index is 1.67. The van der Waals surface area contributed by atoms with Crippen molar-refractivity contribution in [1.82, 2.24) is 10.2 Å². The Kier molecular flexibility index (Phi) is 10.5. The quantitative estimate of drug-likeness (QED) is 0.183. The van der Waals surface area contributed by atoms with Crippen molar-refractivity contribution < 1.29 is 14.3 Å². The third kappa shape index (κ3) is 7.57. The van der Waals surface area contributed by atoms with E-state index in [1.807, 2.05) is 80.6 Å². The van der Waals surface area contributed by atoms with Crippen molar-refractivity contribution in [1.29, 1.82) is 0 Å². The first-order chi connectivity index (χ1) is 19.2. The summed E-state index contributed by atoms with van der Waals surface area (Å²) in [5.41, 5.74) is 1.49. The SMILES string of the molecule is CC(C)CNC(=O)[C@H](Cc1ccccc1)N(Cc1c(Cl)cccc1Cl)C(=O)COc1ccc2ccccc2c1Br. The number of hydrogen-bond donors (Lipinski definition) is 1. The van der Waals surface area contributed by atoms with Gasteiger partial charge in [0, 0.05) is 35.1 Å². The smallest absolute Gasteiger partial charge is 0.261 e. The topological polar surface area (TPSA) is 58.6 Å². The first kappa shape index (κ1) is 29.9. The normalized spacial score (nSPS) is 11.8. The van der Waals surface area contributed by atoms with Gasteiger partial charge >= 0.3 is 0 Å². The van der Waals surface area contributed by atoms with Crippen LogP contribution >= 0.6 is 39.1 Å². The van der Waals surface area contributed by atoms with Gasteiger partial charge in [0.2, 0.25) is 5.91 Å². The van der Waals surface area contributed by atoms with Crippen molar-refractivity contribution >= 4 is 61.7 Å². The van der Waals surface area contributed by atoms with E-state index in [-0.39, 0.29) is 30.9 Å². The molecule has 0 spiro atoms. The van der Waals surface area contributed by atoms with Crippen LogP contribution in [0.4, 0.5) is 0 Å². The van der Waals surface area contributed by atoms with Crippen LogP contribution < -0.4 is 10.1 Å². The average Bonchev–Trinajstić information content (AvgIpc) is 2.95. The van der Waals surface area contributed by atoms with E-state index in [0.29, 0.717) is 34.3 Å². The number of carbonyl (C=O) groups excluding carboxylic acids is 2. The standard InChI is InChI=1S/C32H31BrCl2N2O3/c1-21(2)18-36-32(39)28(17-22-9-4-3-5-10-22)37(19-25-26(34)13-8-14-27(25)35)30(38)20-40-29-16-15-23-11-6-7-12-24(23)31(29)33/h3-16,21,28H,17-20H2,1-2H3,(H,36,39)/t28-/m0/s1. The number of ether oxygens (including phenoxy) is 1. The summed E-state index contributed by atoms with van der Waals surface area (Å²) in [5.74, 6) is 0.168. The van der Waals surface area contributed by atoms with E-state index >= 15 is 0 Å². The first-order valence-electron chi connectivity index (χ1n) is 13.1. The molecule has 0 radical (unpaired) electrons. The minimum absolute atomic E-state index is 0.0478. The largest absolute Gasteiger partial charge is 0.483 e. The number of halogens is 3. The lowest BCUT2D eigenvalue weighted by Gasteiger charge is -2.32. The third-order valence-corrected chi connectivity index (χ3v) is 8.05. The molecular formula is C32H31BrCl2N2O3. The van der Waals surface area contributed by atoms with Gasteiger partial charge in [0.15, 0.2) is 6.61 Å². The summed E-state index contributed by atoms with van der Waals surface area (Å²) in [6.07, 6.45) is 0.318. The molecule has 0 aromatic heterocycles. The number of rotatable bonds is 11. The Hall–Kier alpha value is -3.06. The van der Waals surface area contributed by atoms with E-state index in [1.165, 1.54) is 4.90 Å². The Labute approximate surface area is 253 Å². The number of nitrogens with zero attached hydrogens (tertiary/aromatic N) is 1. The molecule has 0 aliphatic carbocycles. The summed E-state index contributed by atoms with van der Waals surface area (Å²) in [6.45, 7) is 4.30. The molecule has 0 saturated carbocycles. The lowest BCUT2D eigenvalue weighted by molar-refractivity contribution is -0.142. The highest BCUT2D eigenvalue weighted by Crippen LogP contribution is 2.33. The fraction of sp³-hybridized carbons (Fsp3) is 0.250. The molecule has 208 valence electrons. The highest BCUT2D eigenvalue weighted by atomic mass is 79.9. The second-order valence-electron chi connectivity index (χ2n) is 9.95. The van der Waals surface area contributed by atoms with Gasteiger partial charge in [0.1, 0.15) is 11.8 Å². The van der Waals surface area contributed by atoms with Gasteiger partial charge in [0.05, 0.1) is 4.47 Å². The Bertz CT molecular complexity index is 1460. The number of nitrogens with one attached hydrogen (secondary N) is 1. The molecule has 0 unspecified atom stereocenters. The van der Waals surface area contributed by atoms with E-state index in [1.54, 1.807) is 18.2 Å². The Morgan fingerprint density at radius 3 is 2.27 bits per heavy atom. The Morgan fingerprint density at radius 1 is 0.900 bits per heavy atom. The molecule has 8 heteroatoms. The molecular weight excluding hydrogens is 611 g/mol. The van der Waals surface area contributed by atoms with Gasteiger partial charge < -0.3 is 15.0 Å². The van der Waals surface area contributed by atoms with E-state index < -0.39 is 6.04 Å². The zero-order valence-corrected chi connectivity index (χ0v) is 25.5. The number of fused-ring (bicyclic) bond motifs is 1. The molecule has 0 heterocycles. The molecule has 2 amide bonds. The average molecular weight is 642 g/mol. The van der Waals surface area contributed by atoms with Crippen LogP contribution in [0.3, 0.4) is 0 Å². The van der Waals surface area contributed by atoms with Crippen LogP contribution in [0.15, 0.2) is 89.4 Å². The van der Waals surface area contributed by atoms with Crippen LogP contribution in [0.5, 0.6) is 5.75 Å². The van der Waals surface area contributed by atoms with Crippen molar-refractivity contribution in [3.05, 3.63) is 111 Å². The molecule has 4 rings (SSSR count). The molecule has 40 heavy (non-hydrogen) atoms. The van der Waals surface area contributed by atoms with E-state index in [2.05, 4.69) is 21.2 Å². The van der Waals surface area contributed by atoms with E-state index in [9.17, 15) is 9.59 Å². The van der Waals surface area contributed by atoms with Crippen LogP contribution in [0.25, 0.3) is 10.8 Å². The second-order valence-corrected chi connectivity index (χ2v) is 11.6. The summed E-state index contributed by atoms with van der Waals surface area (Å²) in [5, 5.41) is 5.87. The van der Waals surface area contributed by atoms with Gasteiger partial charge in [-0.2, -0.15) is 0 Å². The predicted octanol–water partition coefficient (Wildman–Crippen LogP) is 7.70. The van der Waals surface area contributed by atoms with Crippen molar-refractivity contribution in [2.75, 3.05) is 13.2 Å². The second kappa shape index (κ2) is 14.0. The molecule has 4 aromatic carbocycles. The lowest BCUT2D eigenvalue weighted by Crippen LogP contribution is -2.52. The summed E-state index contributed by atoms with van der Waals surface area (Å²) in [4.78, 5) is 29.0. The molecule has 1 atom stereocenters. The summed E-state index contributed by atoms with van der Waals surface area (Å²) in [7, 11) is 0. The molecule has 5 nitrogen and oxygen atoms in total. The van der Waals surface area contributed by atoms with Gasteiger partial charge in [-0.25, -0.2) is 0 Å². The molecule has 0 saturated heterocycles. The van der Waals surface area contributed by atoms with Crippen LogP contribution in [0, 0.1) is 5.92 Å². The van der Waals surface area contributed by atoms with Crippen molar-refractivity contribution in [2.45, 2.75) is 32.9 Å². The van der Waals surface area contributed by atoms with Gasteiger partial charge in [-0.15, -0.1) is 0 Å². The lowest BCUT2D eigenvalue weighted by atomic mass is 10.0. The molecule has 0 bridgehead atoms. The van der Waals surface area contributed by atoms with E-state index in [0.717, 1.165) is 20.8 Å². The minimum Gasteiger partial charge on any atom is -0.483 e. The summed E-state index contributed by atoms with van der Waals surface area (Å²) in [6, 6.07) is 25.7. The number of benzene rings is 4. The highest BCUT2D eigenvalue weighted by molar-refractivity contribution is 9.10. The third-order valence-electron chi connectivity index (χ3n) is 6.52. The van der Waals surface area contributed by atoms with Crippen LogP contribution in [-0.4, -0.2) is 35.9 Å². The van der Waals surface area contributed by atoms with Crippen LogP contribution in [-0.2, 0) is 22.6 Å². The fourth-order valence-corrected chi connectivity index (χ4v) is 5.50. The van der Waals surface area contributed by atoms with Gasteiger partial charge in [-0.05, 0) is 56.4 Å². The van der Waals surface area contributed by atoms with Crippen LogP contribution in [0.1, 0.15) is 25.0 Å². The maximum Gasteiger partial charge on any atom is 0.261 e. The molecule has 4 aromatic rings. The van der Waals surface area contributed by atoms with Gasteiger partial charge in [-0.1, -0.05) is 104 Å². The zero-order valence-electron chi connectivity index (χ0n) is 22.4. The van der Waals surface area contributed by atoms with Crippen molar-refractivity contribution in [2.24, 2.45) is 5.92 Å². The first-order valence-corrected chi connectivity index (χ1v) is 14.6. The van der Waals surface area contributed by atoms with Crippen molar-refractivity contribution in [3.63, 3.8) is 0 Å². The van der Waals surface area contributed by atoms with Gasteiger partial charge in [0.25, 0.3) is 5.91 Å². The monoisotopic (exact) mass is 640 g/mol. The molecule has 0 aliphatic rings. The van der Waals surface area contributed by atoms with Crippen molar-refractivity contribution in [3.8, 4) is 5.75 Å². The maximum absolute atomic E-state index is 13.9. The Morgan fingerprint density at radius 2 is 1.57 bits per heavy atom. The molecule has 1 N–H and O–H groups in total. The summed E-state index contributed by atoms with van der Waals surface area (Å²) >= 11 is 16.7. The number of amides is 2. The van der Waals surface area contributed by atoms with E-state index in [4.69, 9.17) is 27.9 Å². The maximum atomic E-state index is 13.9. The summed E-state index contributed by atoms with van der Waals surface area (Å²) < 4.78 is 6.79. The fourth-order valence-electron chi connectivity index (χ4n) is 4.38. The highest BCUT2D eigenvalue weighted by Gasteiger charge is 2.32. The zero-order chi connectivity index (χ0) is 28.6. The van der Waals surface area contributed by atoms with Crippen LogP contribution in [0.2, 0.25) is 10.0 Å². The minimum atomic E-state index is -0.815. The van der Waals surface area contributed by atoms with Gasteiger partial charge in [-0.3, -0.25) is 9.59 Å². The number of hydrogen-bond acceptors (Lipinski definition) is 3. The predicted molar refractivity (Wildman–Crippen MR) is 166 cm³/mol. The number of carbonyl (C=O) groups is 2.